The predicted molar refractivity (Wildman–Crippen MR) is 111 cm³/mol. The lowest BCUT2D eigenvalue weighted by Crippen LogP contribution is -2.22. The first-order valence-corrected chi connectivity index (χ1v) is 9.25. The summed E-state index contributed by atoms with van der Waals surface area (Å²) >= 11 is 0. The summed E-state index contributed by atoms with van der Waals surface area (Å²) in [5.74, 6) is -0.588. The molecule has 156 valence electrons. The Morgan fingerprint density at radius 1 is 0.967 bits per heavy atom. The topological polar surface area (TPSA) is 91.7 Å². The molecule has 0 saturated carbocycles. The Labute approximate surface area is 174 Å². The van der Waals surface area contributed by atoms with Crippen molar-refractivity contribution in [2.24, 2.45) is 0 Å². The number of hydrogen-bond donors (Lipinski definition) is 1. The van der Waals surface area contributed by atoms with Crippen LogP contribution in [0.3, 0.4) is 0 Å². The normalized spacial score (nSPS) is 10.4. The number of carbonyl (C=O) groups excluding carboxylic acids is 2. The zero-order valence-electron chi connectivity index (χ0n) is 17.3. The Hall–Kier alpha value is -3.81. The SMILES string of the molecule is COc1cccc(OC)c1C(=O)OCC(=O)Nc1c(C)nn(-c2ccccc2)c1C. The van der Waals surface area contributed by atoms with Gasteiger partial charge in [-0.25, -0.2) is 9.48 Å². The summed E-state index contributed by atoms with van der Waals surface area (Å²) in [6, 6.07) is 14.5. The van der Waals surface area contributed by atoms with Crippen LogP contribution in [0.5, 0.6) is 11.5 Å². The third kappa shape index (κ3) is 4.27. The molecule has 0 saturated heterocycles. The predicted octanol–water partition coefficient (Wildman–Crippen LogP) is 3.30. The third-order valence-corrected chi connectivity index (χ3v) is 4.52. The highest BCUT2D eigenvalue weighted by atomic mass is 16.5. The molecule has 3 rings (SSSR count). The molecule has 1 amide bonds. The summed E-state index contributed by atoms with van der Waals surface area (Å²) < 4.78 is 17.3. The second-order valence-electron chi connectivity index (χ2n) is 6.46. The molecular weight excluding hydrogens is 386 g/mol. The molecule has 8 nitrogen and oxygen atoms in total. The van der Waals surface area contributed by atoms with Crippen LogP contribution in [0.2, 0.25) is 0 Å². The Kier molecular flexibility index (Phi) is 6.36. The summed E-state index contributed by atoms with van der Waals surface area (Å²) in [6.07, 6.45) is 0. The number of nitrogens with zero attached hydrogens (tertiary/aromatic N) is 2. The first-order valence-electron chi connectivity index (χ1n) is 9.25. The van der Waals surface area contributed by atoms with Crippen LogP contribution in [0.4, 0.5) is 5.69 Å². The van der Waals surface area contributed by atoms with E-state index in [-0.39, 0.29) is 5.56 Å². The van der Waals surface area contributed by atoms with Crippen molar-refractivity contribution < 1.29 is 23.8 Å². The average Bonchev–Trinajstić information content (AvgIpc) is 3.05. The number of aromatic nitrogens is 2. The molecule has 0 spiro atoms. The van der Waals surface area contributed by atoms with Gasteiger partial charge in [0, 0.05) is 0 Å². The molecule has 0 aliphatic rings. The zero-order valence-corrected chi connectivity index (χ0v) is 17.3. The summed E-state index contributed by atoms with van der Waals surface area (Å²) in [4.78, 5) is 24.9. The highest BCUT2D eigenvalue weighted by molar-refractivity contribution is 5.99. The van der Waals surface area contributed by atoms with Gasteiger partial charge in [-0.05, 0) is 38.1 Å². The Balaban J connectivity index is 1.70. The summed E-state index contributed by atoms with van der Waals surface area (Å²) in [6.45, 7) is 3.19. The number of anilines is 1. The first kappa shape index (κ1) is 20.9. The lowest BCUT2D eigenvalue weighted by molar-refractivity contribution is -0.119. The van der Waals surface area contributed by atoms with E-state index in [1.165, 1.54) is 14.2 Å². The van der Waals surface area contributed by atoms with E-state index in [4.69, 9.17) is 14.2 Å². The number of aryl methyl sites for hydroxylation is 1. The van der Waals surface area contributed by atoms with Crippen molar-refractivity contribution in [3.8, 4) is 17.2 Å². The number of benzene rings is 2. The molecule has 0 radical (unpaired) electrons. The van der Waals surface area contributed by atoms with Crippen LogP contribution in [0.1, 0.15) is 21.7 Å². The van der Waals surface area contributed by atoms with Crippen LogP contribution in [-0.2, 0) is 9.53 Å². The molecule has 1 N–H and O–H groups in total. The second kappa shape index (κ2) is 9.13. The quantitative estimate of drug-likeness (QED) is 0.602. The van der Waals surface area contributed by atoms with E-state index < -0.39 is 18.5 Å². The maximum absolute atomic E-state index is 12.5. The fourth-order valence-corrected chi connectivity index (χ4v) is 3.08. The van der Waals surface area contributed by atoms with Crippen molar-refractivity contribution >= 4 is 17.6 Å². The van der Waals surface area contributed by atoms with Gasteiger partial charge in [-0.1, -0.05) is 24.3 Å². The van der Waals surface area contributed by atoms with Crippen molar-refractivity contribution in [3.63, 3.8) is 0 Å². The van der Waals surface area contributed by atoms with Gasteiger partial charge in [0.2, 0.25) is 0 Å². The number of hydrogen-bond acceptors (Lipinski definition) is 6. The van der Waals surface area contributed by atoms with Gasteiger partial charge in [-0.3, -0.25) is 4.79 Å². The Bertz CT molecular complexity index is 1040. The maximum atomic E-state index is 12.5. The molecule has 0 aliphatic carbocycles. The van der Waals surface area contributed by atoms with Gasteiger partial charge in [0.05, 0.1) is 37.0 Å². The summed E-state index contributed by atoms with van der Waals surface area (Å²) in [5.41, 5.74) is 3.01. The van der Waals surface area contributed by atoms with Gasteiger partial charge in [-0.2, -0.15) is 5.10 Å². The number of rotatable bonds is 7. The molecule has 8 heteroatoms. The van der Waals surface area contributed by atoms with Crippen molar-refractivity contribution in [1.82, 2.24) is 9.78 Å². The number of esters is 1. The largest absolute Gasteiger partial charge is 0.496 e. The van der Waals surface area contributed by atoms with E-state index in [0.29, 0.717) is 22.9 Å². The summed E-state index contributed by atoms with van der Waals surface area (Å²) in [7, 11) is 2.88. The Morgan fingerprint density at radius 2 is 1.60 bits per heavy atom. The minimum Gasteiger partial charge on any atom is -0.496 e. The number of ether oxygens (including phenoxy) is 3. The lowest BCUT2D eigenvalue weighted by atomic mass is 10.2. The summed E-state index contributed by atoms with van der Waals surface area (Å²) in [5, 5.41) is 7.25. The van der Waals surface area contributed by atoms with E-state index in [1.54, 1.807) is 29.8 Å². The fraction of sp³-hybridized carbons (Fsp3) is 0.227. The molecular formula is C22H23N3O5. The highest BCUT2D eigenvalue weighted by Crippen LogP contribution is 2.29. The standard InChI is InChI=1S/C22H23N3O5/c1-14-21(15(2)25(24-14)16-9-6-5-7-10-16)23-19(26)13-30-22(27)20-17(28-3)11-8-12-18(20)29-4/h5-12H,13H2,1-4H3,(H,23,26). The van der Waals surface area contributed by atoms with Gasteiger partial charge in [-0.15, -0.1) is 0 Å². The van der Waals surface area contributed by atoms with Crippen LogP contribution in [0.25, 0.3) is 5.69 Å². The maximum Gasteiger partial charge on any atom is 0.346 e. The number of amides is 1. The molecule has 1 heterocycles. The number of carbonyl (C=O) groups is 2. The molecule has 2 aromatic carbocycles. The zero-order chi connectivity index (χ0) is 21.7. The molecule has 0 unspecified atom stereocenters. The van der Waals surface area contributed by atoms with Crippen LogP contribution < -0.4 is 14.8 Å². The first-order chi connectivity index (χ1) is 14.5. The molecule has 1 aromatic heterocycles. The number of nitrogens with one attached hydrogen (secondary N) is 1. The van der Waals surface area contributed by atoms with Gasteiger partial charge in [0.1, 0.15) is 17.1 Å². The monoisotopic (exact) mass is 409 g/mol. The third-order valence-electron chi connectivity index (χ3n) is 4.52. The Morgan fingerprint density at radius 3 is 2.20 bits per heavy atom. The van der Waals surface area contributed by atoms with E-state index >= 15 is 0 Å². The van der Waals surface area contributed by atoms with Gasteiger partial charge in [0.15, 0.2) is 6.61 Å². The van der Waals surface area contributed by atoms with Crippen LogP contribution in [-0.4, -0.2) is 42.5 Å². The van der Waals surface area contributed by atoms with Crippen LogP contribution in [0, 0.1) is 13.8 Å². The van der Waals surface area contributed by atoms with Gasteiger partial charge in [0.25, 0.3) is 5.91 Å². The molecule has 3 aromatic rings. The minimum absolute atomic E-state index is 0.125. The van der Waals surface area contributed by atoms with Crippen LogP contribution >= 0.6 is 0 Å². The highest BCUT2D eigenvalue weighted by Gasteiger charge is 2.21. The lowest BCUT2D eigenvalue weighted by Gasteiger charge is -2.12. The van der Waals surface area contributed by atoms with E-state index in [0.717, 1.165) is 11.4 Å². The van der Waals surface area contributed by atoms with Gasteiger partial charge < -0.3 is 19.5 Å². The second-order valence-corrected chi connectivity index (χ2v) is 6.46. The smallest absolute Gasteiger partial charge is 0.346 e. The number of para-hydroxylation sites is 1. The van der Waals surface area contributed by atoms with E-state index in [1.807, 2.05) is 37.3 Å². The van der Waals surface area contributed by atoms with E-state index in [9.17, 15) is 9.59 Å². The van der Waals surface area contributed by atoms with Crippen molar-refractivity contribution in [3.05, 3.63) is 65.5 Å². The fourth-order valence-electron chi connectivity index (χ4n) is 3.08. The molecule has 0 aliphatic heterocycles. The van der Waals surface area contributed by atoms with Gasteiger partial charge >= 0.3 is 5.97 Å². The van der Waals surface area contributed by atoms with Crippen molar-refractivity contribution in [2.45, 2.75) is 13.8 Å². The molecule has 0 fully saturated rings. The van der Waals surface area contributed by atoms with Crippen molar-refractivity contribution in [2.75, 3.05) is 26.1 Å². The van der Waals surface area contributed by atoms with Crippen molar-refractivity contribution in [1.29, 1.82) is 0 Å². The van der Waals surface area contributed by atoms with Crippen LogP contribution in [0.15, 0.2) is 48.5 Å². The van der Waals surface area contributed by atoms with E-state index in [2.05, 4.69) is 10.4 Å². The average molecular weight is 409 g/mol. The minimum atomic E-state index is -0.715. The molecule has 0 bridgehead atoms. The molecule has 30 heavy (non-hydrogen) atoms. The molecule has 0 atom stereocenters. The number of methoxy groups -OCH3 is 2.